The van der Waals surface area contributed by atoms with E-state index in [2.05, 4.69) is 53.0 Å². The van der Waals surface area contributed by atoms with Crippen molar-refractivity contribution in [1.82, 2.24) is 40.9 Å². The topological polar surface area (TPSA) is 328 Å². The summed E-state index contributed by atoms with van der Waals surface area (Å²) in [5, 5.41) is 41.9. The second-order valence-electron chi connectivity index (χ2n) is 36.2. The van der Waals surface area contributed by atoms with E-state index in [1.165, 1.54) is 39.0 Å². The number of aliphatic hydroxyl groups is 2. The average Bonchev–Trinajstić information content (AvgIpc) is 1.59. The third kappa shape index (κ3) is 17.8. The Bertz CT molecular complexity index is 5770. The van der Waals surface area contributed by atoms with Gasteiger partial charge in [0.05, 0.1) is 59.9 Å². The number of furan rings is 4. The van der Waals surface area contributed by atoms with Gasteiger partial charge in [-0.05, 0) is 242 Å². The number of carbonyl (C=O) groups excluding carboxylic acids is 8. The van der Waals surface area contributed by atoms with Crippen LogP contribution in [0.1, 0.15) is 150 Å². The minimum atomic E-state index is -0.541. The lowest BCUT2D eigenvalue weighted by Crippen LogP contribution is -2.43. The maximum Gasteiger partial charge on any atom is 0.234 e. The van der Waals surface area contributed by atoms with Gasteiger partial charge < -0.3 is 46.8 Å². The quantitative estimate of drug-likeness (QED) is 0.0386. The zero-order valence-corrected chi connectivity index (χ0v) is 69.9. The summed E-state index contributed by atoms with van der Waals surface area (Å²) in [6, 6.07) is 39.9. The molecule has 8 aliphatic heterocycles. The smallest absolute Gasteiger partial charge is 0.234 e. The van der Waals surface area contributed by atoms with Gasteiger partial charge in [0, 0.05) is 148 Å². The van der Waals surface area contributed by atoms with Crippen LogP contribution < -0.4 is 40.2 Å². The average molecular weight is 1680 g/mol. The number of fused-ring (bicyclic) bond motifs is 14. The van der Waals surface area contributed by atoms with E-state index in [-0.39, 0.29) is 70.9 Å². The first kappa shape index (κ1) is 82.1. The molecule has 10 fully saturated rings. The second-order valence-corrected chi connectivity index (χ2v) is 36.2. The van der Waals surface area contributed by atoms with Crippen LogP contribution in [0.4, 0.5) is 0 Å². The minimum Gasteiger partial charge on any atom is -0.492 e. The molecule has 12 heterocycles. The van der Waals surface area contributed by atoms with Crippen molar-refractivity contribution in [2.75, 3.05) is 105 Å². The van der Waals surface area contributed by atoms with Gasteiger partial charge in [-0.3, -0.25) is 79.2 Å². The van der Waals surface area contributed by atoms with E-state index in [1.807, 2.05) is 123 Å². The van der Waals surface area contributed by atoms with Crippen molar-refractivity contribution in [2.45, 2.75) is 139 Å². The van der Waals surface area contributed by atoms with Gasteiger partial charge >= 0.3 is 0 Å². The molecule has 12 aromatic rings. The number of carbonyl (C=O) groups is 8. The molecule has 2 saturated carbocycles. The molecule has 124 heavy (non-hydrogen) atoms. The monoisotopic (exact) mass is 1680 g/mol. The van der Waals surface area contributed by atoms with Crippen LogP contribution in [0.25, 0.3) is 87.0 Å². The van der Waals surface area contributed by atoms with Crippen LogP contribution in [0, 0.1) is 23.7 Å². The number of hydrogen-bond donors (Lipinski definition) is 6. The predicted octanol–water partition coefficient (Wildman–Crippen LogP) is 13.5. The van der Waals surface area contributed by atoms with Crippen molar-refractivity contribution < 1.29 is 85.2 Å². The molecule has 8 aromatic carbocycles. The largest absolute Gasteiger partial charge is 0.492 e. The first-order chi connectivity index (χ1) is 60.1. The first-order valence-corrected chi connectivity index (χ1v) is 44.1. The zero-order valence-electron chi connectivity index (χ0n) is 69.9. The van der Waals surface area contributed by atoms with Gasteiger partial charge in [-0.2, -0.15) is 0 Å². The molecule has 26 heteroatoms. The van der Waals surface area contributed by atoms with Crippen LogP contribution in [0.2, 0.25) is 0 Å². The molecular weight excluding hydrogens is 1580 g/mol. The summed E-state index contributed by atoms with van der Waals surface area (Å²) < 4.78 is 47.1. The summed E-state index contributed by atoms with van der Waals surface area (Å²) in [5.74, 6) is 3.72. The Morgan fingerprint density at radius 1 is 0.339 bits per heavy atom. The molecule has 0 bridgehead atoms. The number of piperidine rings is 8. The Labute approximate surface area is 715 Å². The summed E-state index contributed by atoms with van der Waals surface area (Å²) >= 11 is 0. The molecule has 8 atom stereocenters. The van der Waals surface area contributed by atoms with E-state index in [1.54, 1.807) is 25.1 Å². The summed E-state index contributed by atoms with van der Waals surface area (Å²) in [5.41, 5.74) is 5.23. The highest BCUT2D eigenvalue weighted by atomic mass is 16.5. The minimum absolute atomic E-state index is 0.207. The first-order valence-electron chi connectivity index (χ1n) is 44.1. The molecule has 6 N–H and O–H groups in total. The van der Waals surface area contributed by atoms with Crippen LogP contribution in [0.5, 0.6) is 23.0 Å². The number of ether oxygens (including phenoxy) is 4. The number of nitrogens with zero attached hydrogens (tertiary/aromatic N) is 4. The van der Waals surface area contributed by atoms with Crippen molar-refractivity contribution in [2.24, 2.45) is 23.7 Å². The number of hydrogen-bond acceptors (Lipinski definition) is 22. The van der Waals surface area contributed by atoms with Crippen molar-refractivity contribution in [3.8, 4) is 23.0 Å². The molecule has 2 aliphatic carbocycles. The van der Waals surface area contributed by atoms with Gasteiger partial charge in [0.1, 0.15) is 71.8 Å². The highest BCUT2D eigenvalue weighted by molar-refractivity contribution is 6.15. The Hall–Kier alpha value is -11.5. The van der Waals surface area contributed by atoms with E-state index in [9.17, 15) is 48.6 Å². The molecule has 22 rings (SSSR count). The zero-order chi connectivity index (χ0) is 85.1. The van der Waals surface area contributed by atoms with Gasteiger partial charge in [-0.25, -0.2) is 0 Å². The molecule has 0 radical (unpaired) electrons. The van der Waals surface area contributed by atoms with E-state index in [4.69, 9.17) is 36.6 Å². The maximum absolute atomic E-state index is 12.4. The number of nitrogens with one attached hydrogen (secondary N) is 4. The SMILES string of the molecule is CC1(O)CCN(CCOc2ccc3c(ccc4occ([C@@H]5CCC(=O)NC5=O)c43)c2)CC1.CC1(O)CCN(CCOc2ccc3c(ccc4occ([C@H]5CCC(=O)NC5=O)c43)c2)CC1.O=C1CC[C@@H](c2coc3ccc4cc(OCCN5CC6CC6C5)ccc4c23)C(=O)N1.O=C1CC[C@H](c2coc3ccc4cc(OCCN5CC6CC6C5)ccc4c23)C(=O)N1. The lowest BCUT2D eigenvalue weighted by molar-refractivity contribution is -0.135. The van der Waals surface area contributed by atoms with E-state index >= 15 is 0 Å². The van der Waals surface area contributed by atoms with Crippen molar-refractivity contribution >= 4 is 134 Å². The normalized spacial score (nSPS) is 23.9. The molecule has 4 aromatic heterocycles. The lowest BCUT2D eigenvalue weighted by Gasteiger charge is -2.35. The van der Waals surface area contributed by atoms with Crippen molar-refractivity contribution in [1.29, 1.82) is 0 Å². The molecule has 0 spiro atoms. The van der Waals surface area contributed by atoms with Crippen LogP contribution in [0.15, 0.2) is 164 Å². The molecule has 26 nitrogen and oxygen atoms in total. The summed E-state index contributed by atoms with van der Waals surface area (Å²) in [4.78, 5) is 105. The Morgan fingerprint density at radius 2 is 0.581 bits per heavy atom. The van der Waals surface area contributed by atoms with Crippen LogP contribution in [-0.2, 0) is 38.4 Å². The standard InChI is InChI=1S/2C25H28N2O5.2C24H24N2O4/c2*1-25(30)8-10-27(11-9-25)12-13-31-17-3-4-18-16(14-17)2-6-21-23(18)20(15-32-21)19-5-7-22(28)26-24(19)29;2*27-22-6-4-19(24(28)25-22)20-13-30-21-5-1-14-10-17(2-3-18(14)23(20)21)29-8-7-26-11-15-9-16(15)12-26/h2*2-4,6,14-15,19,30H,5,7-13H2,1H3,(H,26,28,29);2*1-3,5,10,13,15-16,19H,4,6-9,11-12H2,(H,25,27,28)/t2*19-;2*15?,16?,19-/m1010/s1. The number of likely N-dealkylation sites (tertiary alicyclic amines) is 4. The van der Waals surface area contributed by atoms with Gasteiger partial charge in [-0.15, -0.1) is 0 Å². The summed E-state index contributed by atoms with van der Waals surface area (Å²) in [6.07, 6.45) is 16.0. The van der Waals surface area contributed by atoms with Gasteiger partial charge in [0.15, 0.2) is 0 Å². The van der Waals surface area contributed by atoms with Crippen LogP contribution >= 0.6 is 0 Å². The number of amides is 8. The van der Waals surface area contributed by atoms with Crippen molar-refractivity contribution in [3.63, 3.8) is 0 Å². The van der Waals surface area contributed by atoms with E-state index in [0.29, 0.717) is 77.8 Å². The van der Waals surface area contributed by atoms with Gasteiger partial charge in [-0.1, -0.05) is 24.3 Å². The van der Waals surface area contributed by atoms with Gasteiger partial charge in [0.25, 0.3) is 0 Å². The third-order valence-electron chi connectivity index (χ3n) is 27.4. The molecule has 10 aliphatic rings. The summed E-state index contributed by atoms with van der Waals surface area (Å²) in [7, 11) is 0. The highest BCUT2D eigenvalue weighted by Crippen LogP contribution is 2.48. The highest BCUT2D eigenvalue weighted by Gasteiger charge is 2.46. The number of rotatable bonds is 20. The van der Waals surface area contributed by atoms with E-state index < -0.39 is 11.2 Å². The third-order valence-corrected chi connectivity index (χ3v) is 27.4. The van der Waals surface area contributed by atoms with Crippen molar-refractivity contribution in [3.05, 3.63) is 169 Å². The second kappa shape index (κ2) is 34.5. The predicted molar refractivity (Wildman–Crippen MR) is 466 cm³/mol. The fraction of sp³-hybridized carbons (Fsp3) is 0.429. The number of benzene rings is 8. The van der Waals surface area contributed by atoms with Crippen LogP contribution in [0.3, 0.4) is 0 Å². The fourth-order valence-corrected chi connectivity index (χ4v) is 19.9. The van der Waals surface area contributed by atoms with Crippen LogP contribution in [-0.4, -0.2) is 193 Å². The molecular formula is C98H104N8O18. The fourth-order valence-electron chi connectivity index (χ4n) is 19.9. The Balaban J connectivity index is 0.000000108. The molecule has 8 amide bonds. The van der Waals surface area contributed by atoms with E-state index in [0.717, 1.165) is 234 Å². The Kier molecular flexibility index (Phi) is 22.9. The molecule has 8 saturated heterocycles. The Morgan fingerprint density at radius 3 is 0.823 bits per heavy atom. The lowest BCUT2D eigenvalue weighted by atomic mass is 9.89. The van der Waals surface area contributed by atoms with Gasteiger partial charge in [0.2, 0.25) is 47.3 Å². The number of imide groups is 4. The molecule has 4 unspecified atom stereocenters. The molecule has 644 valence electrons. The maximum atomic E-state index is 12.4. The summed E-state index contributed by atoms with van der Waals surface area (Å²) in [6.45, 7) is 18.4.